The standard InChI is InChI=1S/C13H19N5O2S2/c1-10-16-11(9-21-10)6-17-7-12-3-4-14-18(12)13(8-17)5-15-22(2,19)20/h3-4,9,13,15H,5-8H2,1-2H3. The van der Waals surface area contributed by atoms with Crippen molar-refractivity contribution in [2.75, 3.05) is 19.3 Å². The molecule has 1 unspecified atom stereocenters. The molecule has 0 spiro atoms. The molecule has 7 nitrogen and oxygen atoms in total. The van der Waals surface area contributed by atoms with Crippen LogP contribution in [0.1, 0.15) is 22.4 Å². The van der Waals surface area contributed by atoms with Gasteiger partial charge in [-0.3, -0.25) is 9.58 Å². The van der Waals surface area contributed by atoms with Crippen molar-refractivity contribution in [1.29, 1.82) is 0 Å². The Morgan fingerprint density at radius 1 is 1.50 bits per heavy atom. The van der Waals surface area contributed by atoms with Gasteiger partial charge >= 0.3 is 0 Å². The Bertz CT molecular complexity index is 752. The Balaban J connectivity index is 1.73. The number of aromatic nitrogens is 3. The highest BCUT2D eigenvalue weighted by Crippen LogP contribution is 2.22. The first-order valence-electron chi connectivity index (χ1n) is 7.01. The van der Waals surface area contributed by atoms with E-state index in [-0.39, 0.29) is 6.04 Å². The molecule has 0 saturated heterocycles. The molecule has 3 heterocycles. The zero-order chi connectivity index (χ0) is 15.7. The number of aryl methyl sites for hydroxylation is 1. The quantitative estimate of drug-likeness (QED) is 0.868. The van der Waals surface area contributed by atoms with Crippen LogP contribution in [0, 0.1) is 6.92 Å². The molecule has 2 aromatic heterocycles. The van der Waals surface area contributed by atoms with Crippen LogP contribution in [0.15, 0.2) is 17.6 Å². The summed E-state index contributed by atoms with van der Waals surface area (Å²) < 4.78 is 27.2. The Labute approximate surface area is 134 Å². The maximum absolute atomic E-state index is 11.3. The van der Waals surface area contributed by atoms with Gasteiger partial charge in [-0.25, -0.2) is 18.1 Å². The van der Waals surface area contributed by atoms with Crippen LogP contribution in [0.5, 0.6) is 0 Å². The summed E-state index contributed by atoms with van der Waals surface area (Å²) in [6.07, 6.45) is 2.94. The van der Waals surface area contributed by atoms with Crippen molar-refractivity contribution in [3.8, 4) is 0 Å². The van der Waals surface area contributed by atoms with E-state index < -0.39 is 10.0 Å². The van der Waals surface area contributed by atoms with Crippen molar-refractivity contribution >= 4 is 21.4 Å². The Morgan fingerprint density at radius 2 is 2.32 bits per heavy atom. The number of sulfonamides is 1. The minimum atomic E-state index is -3.20. The number of nitrogens with one attached hydrogen (secondary N) is 1. The van der Waals surface area contributed by atoms with Crippen LogP contribution in [0.4, 0.5) is 0 Å². The lowest BCUT2D eigenvalue weighted by Gasteiger charge is -2.33. The highest BCUT2D eigenvalue weighted by atomic mass is 32.2. The lowest BCUT2D eigenvalue weighted by Crippen LogP contribution is -2.42. The van der Waals surface area contributed by atoms with Crippen LogP contribution in [-0.2, 0) is 23.1 Å². The summed E-state index contributed by atoms with van der Waals surface area (Å²) in [7, 11) is -3.20. The van der Waals surface area contributed by atoms with Gasteiger partial charge in [0.2, 0.25) is 10.0 Å². The molecule has 0 aliphatic carbocycles. The van der Waals surface area contributed by atoms with Crippen molar-refractivity contribution in [2.45, 2.75) is 26.1 Å². The second-order valence-electron chi connectivity index (χ2n) is 5.57. The third-order valence-electron chi connectivity index (χ3n) is 3.59. The summed E-state index contributed by atoms with van der Waals surface area (Å²) >= 11 is 1.65. The van der Waals surface area contributed by atoms with Gasteiger partial charge < -0.3 is 0 Å². The number of nitrogens with zero attached hydrogens (tertiary/aromatic N) is 4. The van der Waals surface area contributed by atoms with Crippen molar-refractivity contribution in [3.63, 3.8) is 0 Å². The lowest BCUT2D eigenvalue weighted by molar-refractivity contribution is 0.166. The van der Waals surface area contributed by atoms with Gasteiger partial charge in [-0.05, 0) is 13.0 Å². The van der Waals surface area contributed by atoms with Gasteiger partial charge in [0.1, 0.15) is 0 Å². The summed E-state index contributed by atoms with van der Waals surface area (Å²) in [6, 6.07) is 1.97. The SMILES string of the molecule is Cc1nc(CN2Cc3ccnn3C(CNS(C)(=O)=O)C2)cs1. The van der Waals surface area contributed by atoms with E-state index in [2.05, 4.69) is 25.1 Å². The van der Waals surface area contributed by atoms with Gasteiger partial charge in [-0.1, -0.05) is 0 Å². The third kappa shape index (κ3) is 3.72. The van der Waals surface area contributed by atoms with Crippen molar-refractivity contribution < 1.29 is 8.42 Å². The molecule has 0 saturated carbocycles. The molecule has 120 valence electrons. The summed E-state index contributed by atoms with van der Waals surface area (Å²) in [5, 5.41) is 7.46. The fourth-order valence-corrected chi connectivity index (χ4v) is 3.79. The molecule has 0 fully saturated rings. The van der Waals surface area contributed by atoms with Crippen LogP contribution in [-0.4, -0.2) is 47.4 Å². The summed E-state index contributed by atoms with van der Waals surface area (Å²) in [6.45, 7) is 4.66. The zero-order valence-corrected chi connectivity index (χ0v) is 14.2. The number of rotatable bonds is 5. The molecular weight excluding hydrogens is 322 g/mol. The second kappa shape index (κ2) is 6.07. The molecule has 22 heavy (non-hydrogen) atoms. The van der Waals surface area contributed by atoms with Gasteiger partial charge in [0.25, 0.3) is 0 Å². The van der Waals surface area contributed by atoms with E-state index in [9.17, 15) is 8.42 Å². The summed E-state index contributed by atoms with van der Waals surface area (Å²) in [4.78, 5) is 6.78. The first-order valence-corrected chi connectivity index (χ1v) is 9.78. The lowest BCUT2D eigenvalue weighted by atomic mass is 10.2. The predicted octanol–water partition coefficient (Wildman–Crippen LogP) is 0.754. The molecule has 1 aliphatic rings. The maximum Gasteiger partial charge on any atom is 0.208 e. The average molecular weight is 341 g/mol. The van der Waals surface area contributed by atoms with Crippen LogP contribution >= 0.6 is 11.3 Å². The molecule has 1 N–H and O–H groups in total. The zero-order valence-electron chi connectivity index (χ0n) is 12.6. The van der Waals surface area contributed by atoms with E-state index in [0.717, 1.165) is 36.0 Å². The Hall–Kier alpha value is -1.29. The normalized spacial score (nSPS) is 19.3. The van der Waals surface area contributed by atoms with Gasteiger partial charge in [0, 0.05) is 37.8 Å². The van der Waals surface area contributed by atoms with Crippen LogP contribution < -0.4 is 4.72 Å². The number of hydrogen-bond acceptors (Lipinski definition) is 6. The van der Waals surface area contributed by atoms with E-state index in [1.54, 1.807) is 17.5 Å². The van der Waals surface area contributed by atoms with Crippen molar-refractivity contribution in [2.24, 2.45) is 0 Å². The molecule has 0 radical (unpaired) electrons. The fourth-order valence-electron chi connectivity index (χ4n) is 2.69. The van der Waals surface area contributed by atoms with E-state index in [1.165, 1.54) is 6.26 Å². The minimum absolute atomic E-state index is 0.00629. The smallest absolute Gasteiger partial charge is 0.208 e. The average Bonchev–Trinajstić information content (AvgIpc) is 3.04. The molecule has 1 aliphatic heterocycles. The van der Waals surface area contributed by atoms with Crippen LogP contribution in [0.25, 0.3) is 0 Å². The minimum Gasteiger partial charge on any atom is -0.290 e. The van der Waals surface area contributed by atoms with E-state index in [4.69, 9.17) is 0 Å². The summed E-state index contributed by atoms with van der Waals surface area (Å²) in [5.74, 6) is 0. The van der Waals surface area contributed by atoms with E-state index >= 15 is 0 Å². The first kappa shape index (κ1) is 15.6. The number of fused-ring (bicyclic) bond motifs is 1. The topological polar surface area (TPSA) is 80.1 Å². The molecule has 0 bridgehead atoms. The van der Waals surface area contributed by atoms with Gasteiger partial charge in [0.05, 0.1) is 28.7 Å². The third-order valence-corrected chi connectivity index (χ3v) is 5.10. The van der Waals surface area contributed by atoms with Gasteiger partial charge in [-0.2, -0.15) is 5.10 Å². The van der Waals surface area contributed by atoms with Gasteiger partial charge in [0.15, 0.2) is 0 Å². The van der Waals surface area contributed by atoms with E-state index in [1.807, 2.05) is 17.7 Å². The van der Waals surface area contributed by atoms with Crippen molar-refractivity contribution in [1.82, 2.24) is 24.4 Å². The monoisotopic (exact) mass is 341 g/mol. The molecular formula is C13H19N5O2S2. The molecule has 0 amide bonds. The fraction of sp³-hybridized carbons (Fsp3) is 0.538. The first-order chi connectivity index (χ1) is 10.4. The molecule has 9 heteroatoms. The molecule has 1 atom stereocenters. The van der Waals surface area contributed by atoms with E-state index in [0.29, 0.717) is 6.54 Å². The highest BCUT2D eigenvalue weighted by Gasteiger charge is 2.26. The predicted molar refractivity (Wildman–Crippen MR) is 85.1 cm³/mol. The van der Waals surface area contributed by atoms with Crippen LogP contribution in [0.3, 0.4) is 0 Å². The maximum atomic E-state index is 11.3. The summed E-state index contributed by atoms with van der Waals surface area (Å²) in [5.41, 5.74) is 2.16. The van der Waals surface area contributed by atoms with Crippen LogP contribution in [0.2, 0.25) is 0 Å². The number of thiazole rings is 1. The molecule has 3 rings (SSSR count). The van der Waals surface area contributed by atoms with Crippen molar-refractivity contribution in [3.05, 3.63) is 34.0 Å². The molecule has 2 aromatic rings. The Kier molecular flexibility index (Phi) is 4.31. The largest absolute Gasteiger partial charge is 0.290 e. The molecule has 0 aromatic carbocycles. The highest BCUT2D eigenvalue weighted by molar-refractivity contribution is 7.88. The Morgan fingerprint density at radius 3 is 3.00 bits per heavy atom. The van der Waals surface area contributed by atoms with Gasteiger partial charge in [-0.15, -0.1) is 11.3 Å². The number of hydrogen-bond donors (Lipinski definition) is 1. The second-order valence-corrected chi connectivity index (χ2v) is 8.46.